The van der Waals surface area contributed by atoms with E-state index in [1.807, 2.05) is 24.1 Å². The van der Waals surface area contributed by atoms with Crippen molar-refractivity contribution < 1.29 is 4.74 Å². The largest absolute Gasteiger partial charge is 0.494 e. The maximum atomic E-state index is 5.66. The monoisotopic (exact) mass is 301 g/mol. The smallest absolute Gasteiger partial charge is 0.229 e. The van der Waals surface area contributed by atoms with Crippen LogP contribution >= 0.6 is 0 Å². The Morgan fingerprint density at radius 1 is 1.18 bits per heavy atom. The third-order valence-corrected chi connectivity index (χ3v) is 3.35. The number of benzene rings is 1. The molecule has 2 N–H and O–H groups in total. The fourth-order valence-corrected chi connectivity index (χ4v) is 1.97. The molecule has 0 atom stereocenters. The van der Waals surface area contributed by atoms with Gasteiger partial charge in [-0.2, -0.15) is 4.98 Å². The Kier molecular flexibility index (Phi) is 5.94. The number of ether oxygens (including phenoxy) is 1. The van der Waals surface area contributed by atoms with Gasteiger partial charge in [0, 0.05) is 13.6 Å². The van der Waals surface area contributed by atoms with E-state index in [4.69, 9.17) is 10.5 Å². The maximum absolute atomic E-state index is 5.66. The van der Waals surface area contributed by atoms with Crippen molar-refractivity contribution >= 4 is 11.9 Å². The molecule has 6 heteroatoms. The molecule has 0 fully saturated rings. The number of hydrogen-bond donors (Lipinski definition) is 1. The van der Waals surface area contributed by atoms with Crippen LogP contribution in [0.25, 0.3) is 0 Å². The van der Waals surface area contributed by atoms with Crippen molar-refractivity contribution in [2.24, 2.45) is 0 Å². The van der Waals surface area contributed by atoms with Gasteiger partial charge >= 0.3 is 0 Å². The number of aromatic nitrogens is 3. The standard InChI is InChI=1S/C16H23N5O/c1-3-4-11-22-14-7-5-13(6-8-14)9-10-21(2)16-19-12-18-15(17)20-16/h5-8,12H,3-4,9-11H2,1-2H3,(H2,17,18,19,20). The topological polar surface area (TPSA) is 77.2 Å². The van der Waals surface area contributed by atoms with Gasteiger partial charge in [-0.15, -0.1) is 0 Å². The summed E-state index contributed by atoms with van der Waals surface area (Å²) in [4.78, 5) is 14.0. The van der Waals surface area contributed by atoms with Crippen LogP contribution in [0.4, 0.5) is 11.9 Å². The van der Waals surface area contributed by atoms with Crippen LogP contribution in [0.1, 0.15) is 25.3 Å². The number of nitrogens with zero attached hydrogens (tertiary/aromatic N) is 4. The first-order valence-corrected chi connectivity index (χ1v) is 7.56. The average Bonchev–Trinajstić information content (AvgIpc) is 2.54. The van der Waals surface area contributed by atoms with Crippen LogP contribution in [0.5, 0.6) is 5.75 Å². The van der Waals surface area contributed by atoms with E-state index in [0.29, 0.717) is 5.95 Å². The van der Waals surface area contributed by atoms with Crippen LogP contribution in [-0.2, 0) is 6.42 Å². The first-order chi connectivity index (χ1) is 10.7. The first kappa shape index (κ1) is 16.0. The summed E-state index contributed by atoms with van der Waals surface area (Å²) in [5.74, 6) is 1.76. The third kappa shape index (κ3) is 4.87. The number of rotatable bonds is 8. The molecule has 0 unspecified atom stereocenters. The van der Waals surface area contributed by atoms with Crippen LogP contribution in [0, 0.1) is 0 Å². The second kappa shape index (κ2) is 8.17. The van der Waals surface area contributed by atoms with Crippen LogP contribution in [0.15, 0.2) is 30.6 Å². The second-order valence-electron chi connectivity index (χ2n) is 5.16. The van der Waals surface area contributed by atoms with Gasteiger partial charge in [0.25, 0.3) is 0 Å². The van der Waals surface area contributed by atoms with Crippen LogP contribution in [-0.4, -0.2) is 35.2 Å². The summed E-state index contributed by atoms with van der Waals surface area (Å²) in [6.07, 6.45) is 4.56. The zero-order valence-electron chi connectivity index (χ0n) is 13.2. The van der Waals surface area contributed by atoms with Gasteiger partial charge in [0.15, 0.2) is 0 Å². The highest BCUT2D eigenvalue weighted by Gasteiger charge is 2.05. The molecule has 0 bridgehead atoms. The Morgan fingerprint density at radius 2 is 1.95 bits per heavy atom. The average molecular weight is 301 g/mol. The van der Waals surface area contributed by atoms with E-state index in [2.05, 4.69) is 34.0 Å². The number of nitrogens with two attached hydrogens (primary N) is 1. The van der Waals surface area contributed by atoms with Gasteiger partial charge in [0.05, 0.1) is 6.61 Å². The van der Waals surface area contributed by atoms with Gasteiger partial charge in [-0.3, -0.25) is 0 Å². The Balaban J connectivity index is 1.83. The van der Waals surface area contributed by atoms with Crippen molar-refractivity contribution in [1.29, 1.82) is 0 Å². The van der Waals surface area contributed by atoms with E-state index in [1.165, 1.54) is 11.9 Å². The van der Waals surface area contributed by atoms with Crippen molar-refractivity contribution in [3.05, 3.63) is 36.2 Å². The second-order valence-corrected chi connectivity index (χ2v) is 5.16. The highest BCUT2D eigenvalue weighted by Crippen LogP contribution is 2.14. The van der Waals surface area contributed by atoms with Crippen molar-refractivity contribution in [3.8, 4) is 5.75 Å². The molecule has 22 heavy (non-hydrogen) atoms. The van der Waals surface area contributed by atoms with Crippen LogP contribution < -0.4 is 15.4 Å². The number of nitrogen functional groups attached to an aromatic ring is 1. The number of unbranched alkanes of at least 4 members (excludes halogenated alkanes) is 1. The highest BCUT2D eigenvalue weighted by molar-refractivity contribution is 5.33. The highest BCUT2D eigenvalue weighted by atomic mass is 16.5. The molecule has 2 aromatic rings. The van der Waals surface area contributed by atoms with Gasteiger partial charge in [-0.05, 0) is 30.5 Å². The molecule has 6 nitrogen and oxygen atoms in total. The SMILES string of the molecule is CCCCOc1ccc(CCN(C)c2ncnc(N)n2)cc1. The molecule has 0 radical (unpaired) electrons. The molecule has 0 aliphatic carbocycles. The molecule has 2 rings (SSSR count). The normalized spacial score (nSPS) is 10.5. The molecule has 1 aromatic heterocycles. The summed E-state index contributed by atoms with van der Waals surface area (Å²) in [6.45, 7) is 3.74. The van der Waals surface area contributed by atoms with E-state index < -0.39 is 0 Å². The Labute approximate surface area is 131 Å². The lowest BCUT2D eigenvalue weighted by Crippen LogP contribution is -2.23. The van der Waals surface area contributed by atoms with Crippen molar-refractivity contribution in [2.75, 3.05) is 30.8 Å². The molecule has 0 amide bonds. The van der Waals surface area contributed by atoms with Gasteiger partial charge in [0.1, 0.15) is 12.1 Å². The number of anilines is 2. The maximum Gasteiger partial charge on any atom is 0.229 e. The fraction of sp³-hybridized carbons (Fsp3) is 0.438. The van der Waals surface area contributed by atoms with Gasteiger partial charge in [0.2, 0.25) is 11.9 Å². The summed E-state index contributed by atoms with van der Waals surface area (Å²) in [6, 6.07) is 8.23. The van der Waals surface area contributed by atoms with E-state index in [-0.39, 0.29) is 5.95 Å². The molecular weight excluding hydrogens is 278 g/mol. The summed E-state index contributed by atoms with van der Waals surface area (Å²) in [5, 5.41) is 0. The molecule has 1 heterocycles. The third-order valence-electron chi connectivity index (χ3n) is 3.35. The molecule has 0 saturated heterocycles. The van der Waals surface area contributed by atoms with Crippen molar-refractivity contribution in [3.63, 3.8) is 0 Å². The van der Waals surface area contributed by atoms with Crippen molar-refractivity contribution in [2.45, 2.75) is 26.2 Å². The zero-order valence-corrected chi connectivity index (χ0v) is 13.2. The summed E-state index contributed by atoms with van der Waals surface area (Å²) < 4.78 is 5.66. The zero-order chi connectivity index (χ0) is 15.8. The Bertz CT molecular complexity index is 573. The minimum atomic E-state index is 0.241. The predicted molar refractivity (Wildman–Crippen MR) is 88.1 cm³/mol. The van der Waals surface area contributed by atoms with E-state index in [0.717, 1.165) is 38.2 Å². The predicted octanol–water partition coefficient (Wildman–Crippen LogP) is 2.31. The molecule has 118 valence electrons. The number of hydrogen-bond acceptors (Lipinski definition) is 6. The van der Waals surface area contributed by atoms with E-state index in [9.17, 15) is 0 Å². The van der Waals surface area contributed by atoms with E-state index >= 15 is 0 Å². The summed E-state index contributed by atoms with van der Waals surface area (Å²) in [7, 11) is 1.94. The summed E-state index contributed by atoms with van der Waals surface area (Å²) in [5.41, 5.74) is 6.81. The number of likely N-dealkylation sites (N-methyl/N-ethyl adjacent to an activating group) is 1. The lowest BCUT2D eigenvalue weighted by molar-refractivity contribution is 0.309. The molecule has 0 spiro atoms. The van der Waals surface area contributed by atoms with Crippen LogP contribution in [0.3, 0.4) is 0 Å². The fourth-order valence-electron chi connectivity index (χ4n) is 1.97. The van der Waals surface area contributed by atoms with Gasteiger partial charge < -0.3 is 15.4 Å². The first-order valence-electron chi connectivity index (χ1n) is 7.56. The molecule has 1 aromatic carbocycles. The lowest BCUT2D eigenvalue weighted by atomic mass is 10.1. The quantitative estimate of drug-likeness (QED) is 0.754. The minimum Gasteiger partial charge on any atom is -0.494 e. The molecule has 0 aliphatic heterocycles. The molecule has 0 saturated carbocycles. The van der Waals surface area contributed by atoms with Gasteiger partial charge in [-0.25, -0.2) is 9.97 Å². The Hall–Kier alpha value is -2.37. The van der Waals surface area contributed by atoms with Crippen molar-refractivity contribution in [1.82, 2.24) is 15.0 Å². The molecular formula is C16H23N5O. The van der Waals surface area contributed by atoms with Crippen LogP contribution in [0.2, 0.25) is 0 Å². The molecule has 0 aliphatic rings. The minimum absolute atomic E-state index is 0.241. The van der Waals surface area contributed by atoms with Gasteiger partial charge in [-0.1, -0.05) is 25.5 Å². The summed E-state index contributed by atoms with van der Waals surface area (Å²) >= 11 is 0. The lowest BCUT2D eigenvalue weighted by Gasteiger charge is -2.16. The van der Waals surface area contributed by atoms with E-state index in [1.54, 1.807) is 0 Å². The Morgan fingerprint density at radius 3 is 2.64 bits per heavy atom.